The summed E-state index contributed by atoms with van der Waals surface area (Å²) >= 11 is 0. The number of carbonyl (C=O) groups excluding carboxylic acids is 1. The third-order valence-electron chi connectivity index (χ3n) is 3.76. The first kappa shape index (κ1) is 10.7. The maximum atomic E-state index is 11.9. The Hall–Kier alpha value is -0.770. The highest BCUT2D eigenvalue weighted by Crippen LogP contribution is 2.24. The Morgan fingerprint density at radius 1 is 1.47 bits per heavy atom. The molecule has 0 aromatic heterocycles. The topological polar surface area (TPSA) is 52.6 Å². The van der Waals surface area contributed by atoms with Crippen molar-refractivity contribution in [2.75, 3.05) is 13.2 Å². The molecule has 2 N–H and O–H groups in total. The maximum Gasteiger partial charge on any atom is 0.317 e. The van der Waals surface area contributed by atoms with Crippen LogP contribution in [0.1, 0.15) is 32.6 Å². The van der Waals surface area contributed by atoms with Gasteiger partial charge in [0, 0.05) is 12.6 Å². The van der Waals surface area contributed by atoms with E-state index in [4.69, 9.17) is 0 Å². The van der Waals surface area contributed by atoms with Gasteiger partial charge in [0.15, 0.2) is 0 Å². The van der Waals surface area contributed by atoms with Gasteiger partial charge in [0.1, 0.15) is 0 Å². The Kier molecular flexibility index (Phi) is 3.14. The first-order valence-electron chi connectivity index (χ1n) is 5.90. The molecule has 2 fully saturated rings. The van der Waals surface area contributed by atoms with Crippen molar-refractivity contribution < 1.29 is 9.90 Å². The van der Waals surface area contributed by atoms with Crippen molar-refractivity contribution in [3.8, 4) is 0 Å². The number of hydrogen-bond acceptors (Lipinski definition) is 2. The summed E-state index contributed by atoms with van der Waals surface area (Å²) in [6.45, 7) is 2.96. The fraction of sp³-hybridized carbons (Fsp3) is 0.909. The van der Waals surface area contributed by atoms with E-state index in [-0.39, 0.29) is 18.7 Å². The number of nitrogens with one attached hydrogen (secondary N) is 1. The molecule has 4 heteroatoms. The zero-order chi connectivity index (χ0) is 10.8. The van der Waals surface area contributed by atoms with Crippen molar-refractivity contribution >= 4 is 6.03 Å². The summed E-state index contributed by atoms with van der Waals surface area (Å²) in [5, 5.41) is 12.3. The van der Waals surface area contributed by atoms with Gasteiger partial charge in [-0.25, -0.2) is 4.79 Å². The van der Waals surface area contributed by atoms with Gasteiger partial charge < -0.3 is 15.3 Å². The molecule has 2 amide bonds. The lowest BCUT2D eigenvalue weighted by Crippen LogP contribution is -2.50. The van der Waals surface area contributed by atoms with Gasteiger partial charge in [0.25, 0.3) is 0 Å². The lowest BCUT2D eigenvalue weighted by atomic mass is 9.93. The number of carbonyl (C=O) groups is 1. The van der Waals surface area contributed by atoms with E-state index in [1.54, 1.807) is 4.90 Å². The zero-order valence-electron chi connectivity index (χ0n) is 9.28. The Morgan fingerprint density at radius 2 is 2.20 bits per heavy atom. The molecule has 1 saturated heterocycles. The van der Waals surface area contributed by atoms with E-state index in [1.807, 2.05) is 0 Å². The van der Waals surface area contributed by atoms with Crippen LogP contribution in [0, 0.1) is 5.92 Å². The lowest BCUT2D eigenvalue weighted by molar-refractivity contribution is 0.138. The Labute approximate surface area is 90.6 Å². The molecule has 1 aliphatic heterocycles. The maximum absolute atomic E-state index is 11.9. The van der Waals surface area contributed by atoms with Gasteiger partial charge in [0.2, 0.25) is 0 Å². The highest BCUT2D eigenvalue weighted by molar-refractivity contribution is 5.75. The van der Waals surface area contributed by atoms with E-state index in [2.05, 4.69) is 12.2 Å². The highest BCUT2D eigenvalue weighted by atomic mass is 16.3. The number of hydrogen-bond donors (Lipinski definition) is 2. The Morgan fingerprint density at radius 3 is 2.73 bits per heavy atom. The van der Waals surface area contributed by atoms with Crippen molar-refractivity contribution in [3.63, 3.8) is 0 Å². The first-order valence-corrected chi connectivity index (χ1v) is 5.90. The van der Waals surface area contributed by atoms with Crippen LogP contribution in [0.2, 0.25) is 0 Å². The molecule has 0 radical (unpaired) electrons. The smallest absolute Gasteiger partial charge is 0.317 e. The molecule has 1 heterocycles. The second-order valence-corrected chi connectivity index (χ2v) is 4.79. The Bertz CT molecular complexity index is 241. The molecular weight excluding hydrogens is 192 g/mol. The summed E-state index contributed by atoms with van der Waals surface area (Å²) in [6, 6.07) is 0.418. The largest absolute Gasteiger partial charge is 0.394 e. The molecule has 0 spiro atoms. The summed E-state index contributed by atoms with van der Waals surface area (Å²) < 4.78 is 0. The van der Waals surface area contributed by atoms with E-state index in [9.17, 15) is 9.90 Å². The first-order chi connectivity index (χ1) is 7.22. The minimum Gasteiger partial charge on any atom is -0.394 e. The summed E-state index contributed by atoms with van der Waals surface area (Å²) in [5.74, 6) is 0.419. The number of nitrogens with zero attached hydrogens (tertiary/aromatic N) is 1. The lowest BCUT2D eigenvalue weighted by Gasteiger charge is -2.31. The van der Waals surface area contributed by atoms with Crippen LogP contribution in [-0.2, 0) is 0 Å². The van der Waals surface area contributed by atoms with Crippen LogP contribution >= 0.6 is 0 Å². The number of rotatable bonds is 2. The van der Waals surface area contributed by atoms with Crippen LogP contribution in [0.4, 0.5) is 4.79 Å². The molecule has 15 heavy (non-hydrogen) atoms. The normalized spacial score (nSPS) is 31.5. The molecule has 0 aromatic carbocycles. The number of urea groups is 1. The second-order valence-electron chi connectivity index (χ2n) is 4.79. The predicted molar refractivity (Wildman–Crippen MR) is 57.5 cm³/mol. The molecule has 1 saturated carbocycles. The van der Waals surface area contributed by atoms with E-state index < -0.39 is 0 Å². The summed E-state index contributed by atoms with van der Waals surface area (Å²) in [6.07, 6.45) is 4.45. The molecule has 2 unspecified atom stereocenters. The monoisotopic (exact) mass is 212 g/mol. The van der Waals surface area contributed by atoms with Crippen LogP contribution in [0.5, 0.6) is 0 Å². The van der Waals surface area contributed by atoms with Crippen LogP contribution in [0.25, 0.3) is 0 Å². The average molecular weight is 212 g/mol. The third kappa shape index (κ3) is 2.09. The van der Waals surface area contributed by atoms with Gasteiger partial charge in [-0.15, -0.1) is 0 Å². The molecule has 1 aliphatic carbocycles. The molecule has 2 atom stereocenters. The number of aliphatic hydroxyl groups excluding tert-OH is 1. The second kappa shape index (κ2) is 4.39. The van der Waals surface area contributed by atoms with Crippen LogP contribution in [0.15, 0.2) is 0 Å². The molecule has 4 nitrogen and oxygen atoms in total. The van der Waals surface area contributed by atoms with E-state index in [1.165, 1.54) is 6.42 Å². The molecule has 2 rings (SSSR count). The predicted octanol–water partition coefficient (Wildman–Crippen LogP) is 0.951. The summed E-state index contributed by atoms with van der Waals surface area (Å²) in [4.78, 5) is 13.7. The van der Waals surface area contributed by atoms with Crippen molar-refractivity contribution in [2.45, 2.75) is 44.7 Å². The highest BCUT2D eigenvalue weighted by Gasteiger charge is 2.34. The molecule has 0 bridgehead atoms. The fourth-order valence-electron chi connectivity index (χ4n) is 2.35. The number of amides is 2. The van der Waals surface area contributed by atoms with Crippen LogP contribution < -0.4 is 5.32 Å². The molecule has 86 valence electrons. The minimum atomic E-state index is 0.0168. The Balaban J connectivity index is 1.88. The van der Waals surface area contributed by atoms with Crippen molar-refractivity contribution in [3.05, 3.63) is 0 Å². The third-order valence-corrected chi connectivity index (χ3v) is 3.76. The minimum absolute atomic E-state index is 0.0168. The standard InChI is InChI=1S/C11H20N2O2/c1-8-5-6-13(10(8)7-14)11(15)12-9-3-2-4-9/h8-10,14H,2-7H2,1H3,(H,12,15). The molecule has 2 aliphatic rings. The van der Waals surface area contributed by atoms with Gasteiger partial charge in [-0.05, 0) is 31.6 Å². The van der Waals surface area contributed by atoms with Gasteiger partial charge in [-0.3, -0.25) is 0 Å². The summed E-state index contributed by atoms with van der Waals surface area (Å²) in [5.41, 5.74) is 0. The van der Waals surface area contributed by atoms with E-state index in [0.717, 1.165) is 25.8 Å². The van der Waals surface area contributed by atoms with Gasteiger partial charge >= 0.3 is 6.03 Å². The summed E-state index contributed by atoms with van der Waals surface area (Å²) in [7, 11) is 0. The van der Waals surface area contributed by atoms with Crippen molar-refractivity contribution in [1.29, 1.82) is 0 Å². The van der Waals surface area contributed by atoms with E-state index >= 15 is 0 Å². The van der Waals surface area contributed by atoms with Crippen molar-refractivity contribution in [1.82, 2.24) is 10.2 Å². The molecule has 0 aromatic rings. The molecular formula is C11H20N2O2. The van der Waals surface area contributed by atoms with E-state index in [0.29, 0.717) is 12.0 Å². The van der Waals surface area contributed by atoms with Crippen LogP contribution in [0.3, 0.4) is 0 Å². The zero-order valence-corrected chi connectivity index (χ0v) is 9.28. The van der Waals surface area contributed by atoms with Gasteiger partial charge in [-0.1, -0.05) is 6.92 Å². The SMILES string of the molecule is CC1CCN(C(=O)NC2CCC2)C1CO. The average Bonchev–Trinajstić information content (AvgIpc) is 2.52. The fourth-order valence-corrected chi connectivity index (χ4v) is 2.35. The van der Waals surface area contributed by atoms with Gasteiger partial charge in [0.05, 0.1) is 12.6 Å². The quantitative estimate of drug-likeness (QED) is 0.716. The van der Waals surface area contributed by atoms with Crippen molar-refractivity contribution in [2.24, 2.45) is 5.92 Å². The van der Waals surface area contributed by atoms with Gasteiger partial charge in [-0.2, -0.15) is 0 Å². The number of aliphatic hydroxyl groups is 1. The van der Waals surface area contributed by atoms with Crippen LogP contribution in [-0.4, -0.2) is 41.3 Å². The number of likely N-dealkylation sites (tertiary alicyclic amines) is 1.